The number of carbonyl (C=O) groups is 1. The minimum Gasteiger partial charge on any atom is -0.339 e. The summed E-state index contributed by atoms with van der Waals surface area (Å²) >= 11 is 0. The number of amides is 1. The lowest BCUT2D eigenvalue weighted by molar-refractivity contribution is -0.115. The summed E-state index contributed by atoms with van der Waals surface area (Å²) < 4.78 is 4.95. The Morgan fingerprint density at radius 3 is 2.45 bits per heavy atom. The van der Waals surface area contributed by atoms with Crippen molar-refractivity contribution in [2.75, 3.05) is 5.32 Å². The molecule has 3 rings (SSSR count). The van der Waals surface area contributed by atoms with E-state index in [-0.39, 0.29) is 5.91 Å². The molecule has 0 aliphatic rings. The van der Waals surface area contributed by atoms with Crippen molar-refractivity contribution in [2.24, 2.45) is 0 Å². The number of aryl methyl sites for hydroxylation is 1. The van der Waals surface area contributed by atoms with Gasteiger partial charge in [-0.3, -0.25) is 4.79 Å². The number of rotatable bonds is 4. The first-order chi connectivity index (χ1) is 10.7. The molecule has 1 N–H and O–H groups in total. The second-order valence-electron chi connectivity index (χ2n) is 4.92. The molecule has 1 heterocycles. The van der Waals surface area contributed by atoms with Gasteiger partial charge in [-0.1, -0.05) is 35.5 Å². The van der Waals surface area contributed by atoms with Crippen molar-refractivity contribution in [1.82, 2.24) is 10.1 Å². The van der Waals surface area contributed by atoms with Crippen molar-refractivity contribution >= 4 is 11.6 Å². The standard InChI is InChI=1S/C17H15N3O2/c1-12-18-17(20-22-12)14-7-9-15(10-8-14)19-16(21)11-13-5-3-2-4-6-13/h2-10H,11H2,1H3,(H,19,21). The molecule has 5 heteroatoms. The van der Waals surface area contributed by atoms with Crippen LogP contribution in [0.3, 0.4) is 0 Å². The second kappa shape index (κ2) is 6.22. The average molecular weight is 293 g/mol. The highest BCUT2D eigenvalue weighted by Crippen LogP contribution is 2.18. The Morgan fingerprint density at radius 2 is 1.82 bits per heavy atom. The molecule has 0 saturated heterocycles. The summed E-state index contributed by atoms with van der Waals surface area (Å²) in [5.41, 5.74) is 2.57. The number of nitrogens with one attached hydrogen (secondary N) is 1. The molecule has 0 radical (unpaired) electrons. The van der Waals surface area contributed by atoms with E-state index in [0.29, 0.717) is 18.1 Å². The van der Waals surface area contributed by atoms with Crippen molar-refractivity contribution in [1.29, 1.82) is 0 Å². The molecular weight excluding hydrogens is 278 g/mol. The van der Waals surface area contributed by atoms with Gasteiger partial charge in [0.25, 0.3) is 0 Å². The molecule has 1 aromatic heterocycles. The SMILES string of the molecule is Cc1nc(-c2ccc(NC(=O)Cc3ccccc3)cc2)no1. The molecule has 0 aliphatic carbocycles. The minimum absolute atomic E-state index is 0.0469. The van der Waals surface area contributed by atoms with Gasteiger partial charge in [-0.15, -0.1) is 0 Å². The quantitative estimate of drug-likeness (QED) is 0.802. The van der Waals surface area contributed by atoms with Crippen LogP contribution in [0.1, 0.15) is 11.5 Å². The predicted octanol–water partition coefficient (Wildman–Crippen LogP) is 3.23. The second-order valence-corrected chi connectivity index (χ2v) is 4.92. The number of benzene rings is 2. The number of hydrogen-bond acceptors (Lipinski definition) is 4. The van der Waals surface area contributed by atoms with Crippen LogP contribution in [0.25, 0.3) is 11.4 Å². The fourth-order valence-corrected chi connectivity index (χ4v) is 2.11. The van der Waals surface area contributed by atoms with Crippen LogP contribution in [0, 0.1) is 6.92 Å². The number of anilines is 1. The van der Waals surface area contributed by atoms with Crippen molar-refractivity contribution in [2.45, 2.75) is 13.3 Å². The first-order valence-electron chi connectivity index (χ1n) is 6.95. The first-order valence-corrected chi connectivity index (χ1v) is 6.95. The van der Waals surface area contributed by atoms with Gasteiger partial charge >= 0.3 is 0 Å². The lowest BCUT2D eigenvalue weighted by atomic mass is 10.1. The molecule has 0 unspecified atom stereocenters. The van der Waals surface area contributed by atoms with Gasteiger partial charge in [0.2, 0.25) is 17.6 Å². The summed E-state index contributed by atoms with van der Waals surface area (Å²) in [5, 5.41) is 6.73. The molecule has 0 atom stereocenters. The Labute approximate surface area is 128 Å². The topological polar surface area (TPSA) is 68.0 Å². The maximum Gasteiger partial charge on any atom is 0.228 e. The molecule has 2 aromatic carbocycles. The molecule has 0 aliphatic heterocycles. The van der Waals surface area contributed by atoms with Crippen molar-refractivity contribution in [3.05, 3.63) is 66.1 Å². The zero-order chi connectivity index (χ0) is 15.4. The Balaban J connectivity index is 1.65. The Kier molecular flexibility index (Phi) is 3.96. The zero-order valence-electron chi connectivity index (χ0n) is 12.1. The van der Waals surface area contributed by atoms with Gasteiger partial charge in [-0.25, -0.2) is 0 Å². The molecule has 0 spiro atoms. The Morgan fingerprint density at radius 1 is 1.09 bits per heavy atom. The fraction of sp³-hybridized carbons (Fsp3) is 0.118. The predicted molar refractivity (Wildman–Crippen MR) is 83.2 cm³/mol. The highest BCUT2D eigenvalue weighted by Gasteiger charge is 2.07. The van der Waals surface area contributed by atoms with Gasteiger partial charge in [0.15, 0.2) is 0 Å². The van der Waals surface area contributed by atoms with E-state index in [2.05, 4.69) is 15.5 Å². The normalized spacial score (nSPS) is 10.4. The van der Waals surface area contributed by atoms with Crippen LogP contribution >= 0.6 is 0 Å². The minimum atomic E-state index is -0.0469. The van der Waals surface area contributed by atoms with Crippen molar-refractivity contribution in [3.63, 3.8) is 0 Å². The van der Waals surface area contributed by atoms with Crippen LogP contribution in [-0.2, 0) is 11.2 Å². The third kappa shape index (κ3) is 3.38. The van der Waals surface area contributed by atoms with E-state index >= 15 is 0 Å². The smallest absolute Gasteiger partial charge is 0.228 e. The van der Waals surface area contributed by atoms with Crippen LogP contribution in [0.2, 0.25) is 0 Å². The van der Waals surface area contributed by atoms with Crippen molar-refractivity contribution < 1.29 is 9.32 Å². The third-order valence-electron chi connectivity index (χ3n) is 3.16. The Hall–Kier alpha value is -2.95. The highest BCUT2D eigenvalue weighted by atomic mass is 16.5. The van der Waals surface area contributed by atoms with Crippen LogP contribution < -0.4 is 5.32 Å². The molecule has 110 valence electrons. The summed E-state index contributed by atoms with van der Waals surface area (Å²) in [7, 11) is 0. The van der Waals surface area contributed by atoms with E-state index in [0.717, 1.165) is 16.8 Å². The average Bonchev–Trinajstić information content (AvgIpc) is 2.95. The van der Waals surface area contributed by atoms with E-state index in [4.69, 9.17) is 4.52 Å². The summed E-state index contributed by atoms with van der Waals surface area (Å²) in [5.74, 6) is 1.02. The van der Waals surface area contributed by atoms with E-state index in [1.165, 1.54) is 0 Å². The lowest BCUT2D eigenvalue weighted by Gasteiger charge is -2.05. The van der Waals surface area contributed by atoms with Gasteiger partial charge in [0.05, 0.1) is 6.42 Å². The third-order valence-corrected chi connectivity index (χ3v) is 3.16. The monoisotopic (exact) mass is 293 g/mol. The Bertz CT molecular complexity index is 764. The molecular formula is C17H15N3O2. The van der Waals surface area contributed by atoms with Gasteiger partial charge in [0.1, 0.15) is 0 Å². The summed E-state index contributed by atoms with van der Waals surface area (Å²) in [6.07, 6.45) is 0.354. The highest BCUT2D eigenvalue weighted by molar-refractivity contribution is 5.92. The molecule has 0 saturated carbocycles. The number of aromatic nitrogens is 2. The summed E-state index contributed by atoms with van der Waals surface area (Å²) in [4.78, 5) is 16.2. The first kappa shape index (κ1) is 14.0. The summed E-state index contributed by atoms with van der Waals surface area (Å²) in [6, 6.07) is 17.0. The number of hydrogen-bond donors (Lipinski definition) is 1. The molecule has 1 amide bonds. The molecule has 22 heavy (non-hydrogen) atoms. The van der Waals surface area contributed by atoms with E-state index < -0.39 is 0 Å². The zero-order valence-corrected chi connectivity index (χ0v) is 12.1. The number of carbonyl (C=O) groups excluding carboxylic acids is 1. The van der Waals surface area contributed by atoms with Crippen LogP contribution in [0.4, 0.5) is 5.69 Å². The maximum absolute atomic E-state index is 12.0. The van der Waals surface area contributed by atoms with Crippen LogP contribution in [-0.4, -0.2) is 16.0 Å². The van der Waals surface area contributed by atoms with Crippen molar-refractivity contribution in [3.8, 4) is 11.4 Å². The van der Waals surface area contributed by atoms with E-state index in [1.807, 2.05) is 54.6 Å². The lowest BCUT2D eigenvalue weighted by Crippen LogP contribution is -2.14. The molecule has 0 fully saturated rings. The van der Waals surface area contributed by atoms with Crippen LogP contribution in [0.5, 0.6) is 0 Å². The van der Waals surface area contributed by atoms with E-state index in [9.17, 15) is 4.79 Å². The van der Waals surface area contributed by atoms with Crippen LogP contribution in [0.15, 0.2) is 59.1 Å². The molecule has 0 bridgehead atoms. The van der Waals surface area contributed by atoms with Gasteiger partial charge < -0.3 is 9.84 Å². The van der Waals surface area contributed by atoms with E-state index in [1.54, 1.807) is 6.92 Å². The van der Waals surface area contributed by atoms with Gasteiger partial charge in [-0.2, -0.15) is 4.98 Å². The van der Waals surface area contributed by atoms with Gasteiger partial charge in [-0.05, 0) is 29.8 Å². The largest absolute Gasteiger partial charge is 0.339 e. The molecule has 5 nitrogen and oxygen atoms in total. The summed E-state index contributed by atoms with van der Waals surface area (Å²) in [6.45, 7) is 1.74. The molecule has 3 aromatic rings. The fourth-order valence-electron chi connectivity index (χ4n) is 2.11. The maximum atomic E-state index is 12.0. The number of nitrogens with zero attached hydrogens (tertiary/aromatic N) is 2. The van der Waals surface area contributed by atoms with Gasteiger partial charge in [0, 0.05) is 18.2 Å².